The Morgan fingerprint density at radius 3 is 2.38 bits per heavy atom. The van der Waals surface area contributed by atoms with E-state index in [4.69, 9.17) is 0 Å². The number of hydrogen-bond donors (Lipinski definition) is 3. The predicted octanol–water partition coefficient (Wildman–Crippen LogP) is 4.72. The maximum Gasteiger partial charge on any atom is 0.340 e. The van der Waals surface area contributed by atoms with Gasteiger partial charge in [0.05, 0.1) is 0 Å². The molecule has 0 fully saturated rings. The van der Waals surface area contributed by atoms with Crippen LogP contribution >= 0.6 is 0 Å². The van der Waals surface area contributed by atoms with Gasteiger partial charge in [-0.15, -0.1) is 0 Å². The number of aromatic carboxylic acids is 1. The van der Waals surface area contributed by atoms with Crippen LogP contribution in [0.4, 0.5) is 0 Å². The number of carboxylic acid groups (broad SMARTS) is 1. The summed E-state index contributed by atoms with van der Waals surface area (Å²) in [5.74, 6) is -2.10. The molecule has 0 aliphatic heterocycles. The Bertz CT molecular complexity index is 803. The topological polar surface area (TPSA) is 77.8 Å². The van der Waals surface area contributed by atoms with Gasteiger partial charge >= 0.3 is 5.97 Å². The van der Waals surface area contributed by atoms with Crippen LogP contribution in [0.5, 0.6) is 11.5 Å². The molecule has 0 aliphatic rings. The molecule has 0 bridgehead atoms. The zero-order valence-corrected chi connectivity index (χ0v) is 14.4. The molecular formula is C20H24O4. The molecular weight excluding hydrogens is 304 g/mol. The highest BCUT2D eigenvalue weighted by Gasteiger charge is 2.23. The van der Waals surface area contributed by atoms with Gasteiger partial charge in [0, 0.05) is 10.9 Å². The number of phenolic OH excluding ortho intramolecular Hbond substituents is 1. The second kappa shape index (κ2) is 7.39. The average Bonchev–Trinajstić information content (AvgIpc) is 2.53. The van der Waals surface area contributed by atoms with Crippen LogP contribution in [-0.2, 0) is 12.8 Å². The maximum atomic E-state index is 11.6. The van der Waals surface area contributed by atoms with Gasteiger partial charge in [0.25, 0.3) is 0 Å². The Morgan fingerprint density at radius 2 is 1.79 bits per heavy atom. The van der Waals surface area contributed by atoms with Crippen LogP contribution in [0.1, 0.15) is 53.7 Å². The summed E-state index contributed by atoms with van der Waals surface area (Å²) in [6.07, 6.45) is 7.14. The summed E-state index contributed by atoms with van der Waals surface area (Å²) in [5, 5.41) is 31.1. The van der Waals surface area contributed by atoms with Crippen molar-refractivity contribution >= 4 is 16.7 Å². The van der Waals surface area contributed by atoms with E-state index in [0.29, 0.717) is 29.2 Å². The summed E-state index contributed by atoms with van der Waals surface area (Å²) >= 11 is 0. The molecule has 0 aliphatic carbocycles. The molecule has 4 nitrogen and oxygen atoms in total. The van der Waals surface area contributed by atoms with Crippen molar-refractivity contribution in [3.05, 3.63) is 46.5 Å². The van der Waals surface area contributed by atoms with Crippen LogP contribution in [0.2, 0.25) is 0 Å². The van der Waals surface area contributed by atoms with Crippen molar-refractivity contribution < 1.29 is 20.1 Å². The SMILES string of the molecule is CCC=CCc1cc2c(C(=O)O)c(O)c(O)c(CCC)c2cc1C. The lowest BCUT2D eigenvalue weighted by Gasteiger charge is -2.16. The molecule has 0 unspecified atom stereocenters. The molecule has 0 saturated carbocycles. The first kappa shape index (κ1) is 17.9. The standard InChI is InChI=1S/C20H24O4/c1-4-6-7-9-13-11-16-15(10-12(13)3)14(8-5-2)18(21)19(22)17(16)20(23)24/h6-7,10-11,21-22H,4-5,8-9H2,1-3H3,(H,23,24). The maximum absolute atomic E-state index is 11.6. The largest absolute Gasteiger partial charge is 0.504 e. The molecule has 128 valence electrons. The van der Waals surface area contributed by atoms with Crippen molar-refractivity contribution in [2.75, 3.05) is 0 Å². The number of carbonyl (C=O) groups is 1. The second-order valence-corrected chi connectivity index (χ2v) is 6.01. The lowest BCUT2D eigenvalue weighted by molar-refractivity contribution is 0.0695. The third-order valence-corrected chi connectivity index (χ3v) is 4.27. The smallest absolute Gasteiger partial charge is 0.340 e. The number of allylic oxidation sites excluding steroid dienone is 2. The number of benzene rings is 2. The summed E-state index contributed by atoms with van der Waals surface area (Å²) in [7, 11) is 0. The Labute approximate surface area is 142 Å². The third kappa shape index (κ3) is 3.23. The molecule has 3 N–H and O–H groups in total. The van der Waals surface area contributed by atoms with Gasteiger partial charge in [-0.25, -0.2) is 4.79 Å². The molecule has 0 heterocycles. The molecule has 2 rings (SSSR count). The molecule has 4 heteroatoms. The summed E-state index contributed by atoms with van der Waals surface area (Å²) in [5.41, 5.74) is 2.43. The molecule has 0 atom stereocenters. The van der Waals surface area contributed by atoms with E-state index in [1.54, 1.807) is 0 Å². The lowest BCUT2D eigenvalue weighted by Crippen LogP contribution is -2.03. The first-order valence-electron chi connectivity index (χ1n) is 8.30. The van der Waals surface area contributed by atoms with E-state index in [-0.39, 0.29) is 11.3 Å². The summed E-state index contributed by atoms with van der Waals surface area (Å²) in [4.78, 5) is 11.6. The van der Waals surface area contributed by atoms with Gasteiger partial charge in [0.1, 0.15) is 5.56 Å². The summed E-state index contributed by atoms with van der Waals surface area (Å²) in [6, 6.07) is 3.74. The highest BCUT2D eigenvalue weighted by molar-refractivity contribution is 6.09. The minimum atomic E-state index is -1.24. The van der Waals surface area contributed by atoms with Gasteiger partial charge in [0.15, 0.2) is 11.5 Å². The zero-order valence-electron chi connectivity index (χ0n) is 14.4. The van der Waals surface area contributed by atoms with Crippen LogP contribution in [0, 0.1) is 6.92 Å². The van der Waals surface area contributed by atoms with Crippen molar-refractivity contribution in [3.63, 3.8) is 0 Å². The Balaban J connectivity index is 2.81. The van der Waals surface area contributed by atoms with E-state index in [1.807, 2.05) is 26.0 Å². The first-order chi connectivity index (χ1) is 11.4. The van der Waals surface area contributed by atoms with E-state index in [2.05, 4.69) is 19.1 Å². The number of aryl methyl sites for hydroxylation is 2. The number of fused-ring (bicyclic) bond motifs is 1. The molecule has 0 saturated heterocycles. The van der Waals surface area contributed by atoms with Crippen molar-refractivity contribution in [1.29, 1.82) is 0 Å². The van der Waals surface area contributed by atoms with Crippen molar-refractivity contribution in [2.24, 2.45) is 0 Å². The predicted molar refractivity (Wildman–Crippen MR) is 96.1 cm³/mol. The fourth-order valence-electron chi connectivity index (χ4n) is 3.04. The molecule has 0 aromatic heterocycles. The van der Waals surface area contributed by atoms with E-state index in [0.717, 1.165) is 24.0 Å². The number of carboxylic acids is 1. The lowest BCUT2D eigenvalue weighted by atomic mass is 9.90. The highest BCUT2D eigenvalue weighted by Crippen LogP contribution is 2.41. The van der Waals surface area contributed by atoms with Gasteiger partial charge < -0.3 is 15.3 Å². The Morgan fingerprint density at radius 1 is 1.08 bits per heavy atom. The molecule has 0 radical (unpaired) electrons. The van der Waals surface area contributed by atoms with Crippen LogP contribution < -0.4 is 0 Å². The van der Waals surface area contributed by atoms with Gasteiger partial charge in [0.2, 0.25) is 0 Å². The quantitative estimate of drug-likeness (QED) is 0.529. The van der Waals surface area contributed by atoms with Gasteiger partial charge in [-0.05, 0) is 48.8 Å². The minimum absolute atomic E-state index is 0.233. The minimum Gasteiger partial charge on any atom is -0.504 e. The van der Waals surface area contributed by atoms with Crippen LogP contribution in [0.25, 0.3) is 10.8 Å². The van der Waals surface area contributed by atoms with E-state index >= 15 is 0 Å². The summed E-state index contributed by atoms with van der Waals surface area (Å²) in [6.45, 7) is 6.02. The van der Waals surface area contributed by atoms with Gasteiger partial charge in [-0.1, -0.05) is 38.5 Å². The number of rotatable bonds is 6. The van der Waals surface area contributed by atoms with Crippen molar-refractivity contribution in [2.45, 2.75) is 46.5 Å². The first-order valence-corrected chi connectivity index (χ1v) is 8.30. The molecule has 24 heavy (non-hydrogen) atoms. The van der Waals surface area contributed by atoms with Crippen LogP contribution in [0.15, 0.2) is 24.3 Å². The summed E-state index contributed by atoms with van der Waals surface area (Å²) < 4.78 is 0. The zero-order chi connectivity index (χ0) is 17.9. The number of aromatic hydroxyl groups is 2. The van der Waals surface area contributed by atoms with Crippen LogP contribution in [0.3, 0.4) is 0 Å². The third-order valence-electron chi connectivity index (χ3n) is 4.27. The molecule has 2 aromatic carbocycles. The van der Waals surface area contributed by atoms with Gasteiger partial charge in [-0.3, -0.25) is 0 Å². The fourth-order valence-corrected chi connectivity index (χ4v) is 3.04. The normalized spacial score (nSPS) is 11.5. The number of hydrogen-bond acceptors (Lipinski definition) is 3. The van der Waals surface area contributed by atoms with Crippen LogP contribution in [-0.4, -0.2) is 21.3 Å². The second-order valence-electron chi connectivity index (χ2n) is 6.01. The highest BCUT2D eigenvalue weighted by atomic mass is 16.4. The van der Waals surface area contributed by atoms with E-state index < -0.39 is 11.7 Å². The monoisotopic (exact) mass is 328 g/mol. The Kier molecular flexibility index (Phi) is 5.50. The Hall–Kier alpha value is -2.49. The fraction of sp³-hybridized carbons (Fsp3) is 0.350. The van der Waals surface area contributed by atoms with Gasteiger partial charge in [-0.2, -0.15) is 0 Å². The van der Waals surface area contributed by atoms with Crippen molar-refractivity contribution in [1.82, 2.24) is 0 Å². The average molecular weight is 328 g/mol. The molecule has 0 spiro atoms. The van der Waals surface area contributed by atoms with E-state index in [1.165, 1.54) is 0 Å². The molecule has 2 aromatic rings. The molecule has 0 amide bonds. The van der Waals surface area contributed by atoms with E-state index in [9.17, 15) is 20.1 Å². The van der Waals surface area contributed by atoms with Crippen molar-refractivity contribution in [3.8, 4) is 11.5 Å². The number of phenols is 2.